The van der Waals surface area contributed by atoms with Crippen LogP contribution >= 0.6 is 0 Å². The van der Waals surface area contributed by atoms with Crippen LogP contribution in [0.2, 0.25) is 0 Å². The summed E-state index contributed by atoms with van der Waals surface area (Å²) in [6.45, 7) is 2.86. The van der Waals surface area contributed by atoms with E-state index in [1.54, 1.807) is 41.3 Å². The second-order valence-electron chi connectivity index (χ2n) is 6.68. The van der Waals surface area contributed by atoms with Gasteiger partial charge in [0.1, 0.15) is 6.61 Å². The van der Waals surface area contributed by atoms with Crippen molar-refractivity contribution >= 4 is 11.8 Å². The molecule has 29 heavy (non-hydrogen) atoms. The van der Waals surface area contributed by atoms with E-state index in [2.05, 4.69) is 11.4 Å². The Labute approximate surface area is 169 Å². The van der Waals surface area contributed by atoms with E-state index in [1.165, 1.54) is 0 Å². The van der Waals surface area contributed by atoms with E-state index in [9.17, 15) is 9.59 Å². The number of rotatable bonds is 7. The summed E-state index contributed by atoms with van der Waals surface area (Å²) in [6, 6.07) is 16.3. The summed E-state index contributed by atoms with van der Waals surface area (Å²) in [5, 5.41) is 11.6. The first-order valence-electron chi connectivity index (χ1n) is 9.45. The van der Waals surface area contributed by atoms with Crippen LogP contribution in [0.3, 0.4) is 0 Å². The minimum absolute atomic E-state index is 0.0211. The van der Waals surface area contributed by atoms with Crippen molar-refractivity contribution in [3.05, 3.63) is 70.8 Å². The van der Waals surface area contributed by atoms with Crippen molar-refractivity contribution in [1.82, 2.24) is 10.2 Å². The molecule has 7 nitrogen and oxygen atoms in total. The number of carbonyl (C=O) groups excluding carboxylic acids is 2. The van der Waals surface area contributed by atoms with Crippen molar-refractivity contribution in [2.75, 3.05) is 32.9 Å². The normalized spacial score (nSPS) is 13.6. The Hall–Kier alpha value is -3.21. The van der Waals surface area contributed by atoms with Gasteiger partial charge in [-0.05, 0) is 35.4 Å². The Morgan fingerprint density at radius 3 is 2.59 bits per heavy atom. The van der Waals surface area contributed by atoms with Gasteiger partial charge < -0.3 is 19.7 Å². The minimum atomic E-state index is -0.233. The first-order valence-corrected chi connectivity index (χ1v) is 9.45. The summed E-state index contributed by atoms with van der Waals surface area (Å²) in [6.07, 6.45) is 0. The fraction of sp³-hybridized carbons (Fsp3) is 0.318. The molecule has 2 aromatic carbocycles. The SMILES string of the molecule is N#Cc1ccc(COCC(=O)NCc2cccc(C(=O)N3CCOCC3)c2)cc1. The summed E-state index contributed by atoms with van der Waals surface area (Å²) < 4.78 is 10.7. The van der Waals surface area contributed by atoms with Crippen LogP contribution < -0.4 is 5.32 Å². The smallest absolute Gasteiger partial charge is 0.254 e. The van der Waals surface area contributed by atoms with E-state index >= 15 is 0 Å². The topological polar surface area (TPSA) is 91.7 Å². The third-order valence-corrected chi connectivity index (χ3v) is 4.55. The number of benzene rings is 2. The molecule has 1 heterocycles. The molecule has 2 amide bonds. The van der Waals surface area contributed by atoms with E-state index in [1.807, 2.05) is 12.1 Å². The molecule has 7 heteroatoms. The zero-order valence-corrected chi connectivity index (χ0v) is 16.1. The van der Waals surface area contributed by atoms with Gasteiger partial charge >= 0.3 is 0 Å². The molecular formula is C22H23N3O4. The molecule has 0 spiro atoms. The quantitative estimate of drug-likeness (QED) is 0.775. The second kappa shape index (κ2) is 10.4. The van der Waals surface area contributed by atoms with E-state index in [0.29, 0.717) is 50.6 Å². The van der Waals surface area contributed by atoms with Gasteiger partial charge in [0.25, 0.3) is 5.91 Å². The fourth-order valence-corrected chi connectivity index (χ4v) is 2.95. The number of hydrogen-bond acceptors (Lipinski definition) is 5. The Kier molecular flexibility index (Phi) is 7.34. The third-order valence-electron chi connectivity index (χ3n) is 4.55. The van der Waals surface area contributed by atoms with Gasteiger partial charge in [0.15, 0.2) is 0 Å². The molecule has 0 saturated carbocycles. The molecule has 1 saturated heterocycles. The van der Waals surface area contributed by atoms with E-state index in [-0.39, 0.29) is 18.4 Å². The van der Waals surface area contributed by atoms with Crippen LogP contribution in [0.25, 0.3) is 0 Å². The van der Waals surface area contributed by atoms with Crippen molar-refractivity contribution in [3.8, 4) is 6.07 Å². The van der Waals surface area contributed by atoms with Crippen LogP contribution in [0.4, 0.5) is 0 Å². The van der Waals surface area contributed by atoms with E-state index < -0.39 is 0 Å². The van der Waals surface area contributed by atoms with Gasteiger partial charge in [0.05, 0.1) is 31.5 Å². The molecular weight excluding hydrogens is 370 g/mol. The minimum Gasteiger partial charge on any atom is -0.378 e. The highest BCUT2D eigenvalue weighted by atomic mass is 16.5. The predicted molar refractivity (Wildman–Crippen MR) is 106 cm³/mol. The third kappa shape index (κ3) is 6.14. The van der Waals surface area contributed by atoms with Gasteiger partial charge in [-0.1, -0.05) is 24.3 Å². The maximum Gasteiger partial charge on any atom is 0.254 e. The van der Waals surface area contributed by atoms with Gasteiger partial charge in [0, 0.05) is 25.2 Å². The van der Waals surface area contributed by atoms with Crippen LogP contribution in [0.1, 0.15) is 27.0 Å². The molecule has 1 aliphatic rings. The molecule has 1 aliphatic heterocycles. The Bertz CT molecular complexity index is 884. The summed E-state index contributed by atoms with van der Waals surface area (Å²) >= 11 is 0. The maximum atomic E-state index is 12.6. The zero-order chi connectivity index (χ0) is 20.5. The van der Waals surface area contributed by atoms with Crippen LogP contribution in [0.15, 0.2) is 48.5 Å². The summed E-state index contributed by atoms with van der Waals surface area (Å²) in [5.41, 5.74) is 2.94. The van der Waals surface area contributed by atoms with Gasteiger partial charge in [-0.2, -0.15) is 5.26 Å². The Balaban J connectivity index is 1.43. The van der Waals surface area contributed by atoms with Crippen LogP contribution in [0.5, 0.6) is 0 Å². The highest BCUT2D eigenvalue weighted by molar-refractivity contribution is 5.94. The first-order chi connectivity index (χ1) is 14.2. The van der Waals surface area contributed by atoms with Gasteiger partial charge in [0.2, 0.25) is 5.91 Å². The van der Waals surface area contributed by atoms with Crippen molar-refractivity contribution in [2.24, 2.45) is 0 Å². The second-order valence-corrected chi connectivity index (χ2v) is 6.68. The first kappa shape index (κ1) is 20.5. The molecule has 1 N–H and O–H groups in total. The van der Waals surface area contributed by atoms with E-state index in [4.69, 9.17) is 14.7 Å². The number of hydrogen-bond donors (Lipinski definition) is 1. The van der Waals surface area contributed by atoms with Gasteiger partial charge in [-0.15, -0.1) is 0 Å². The lowest BCUT2D eigenvalue weighted by molar-refractivity contribution is -0.126. The Morgan fingerprint density at radius 1 is 1.10 bits per heavy atom. The fourth-order valence-electron chi connectivity index (χ4n) is 2.95. The lowest BCUT2D eigenvalue weighted by atomic mass is 10.1. The number of nitrogens with one attached hydrogen (secondary N) is 1. The number of amides is 2. The van der Waals surface area contributed by atoms with E-state index in [0.717, 1.165) is 11.1 Å². The standard InChI is InChI=1S/C22H23N3O4/c23-13-17-4-6-18(7-5-17)15-29-16-21(26)24-14-19-2-1-3-20(12-19)22(27)25-8-10-28-11-9-25/h1-7,12H,8-11,14-16H2,(H,24,26). The molecule has 0 bridgehead atoms. The highest BCUT2D eigenvalue weighted by Crippen LogP contribution is 2.10. The molecule has 1 fully saturated rings. The zero-order valence-electron chi connectivity index (χ0n) is 16.1. The van der Waals surface area contributed by atoms with Crippen LogP contribution in [-0.2, 0) is 27.4 Å². The molecule has 0 aliphatic carbocycles. The summed E-state index contributed by atoms with van der Waals surface area (Å²) in [5.74, 6) is -0.254. The van der Waals surface area contributed by atoms with Crippen molar-refractivity contribution in [3.63, 3.8) is 0 Å². The summed E-state index contributed by atoms with van der Waals surface area (Å²) in [7, 11) is 0. The van der Waals surface area contributed by atoms with Crippen LogP contribution in [0, 0.1) is 11.3 Å². The maximum absolute atomic E-state index is 12.6. The number of morpholine rings is 1. The van der Waals surface area contributed by atoms with Crippen molar-refractivity contribution in [1.29, 1.82) is 5.26 Å². The molecule has 0 unspecified atom stereocenters. The summed E-state index contributed by atoms with van der Waals surface area (Å²) in [4.78, 5) is 26.3. The average molecular weight is 393 g/mol. The Morgan fingerprint density at radius 2 is 1.86 bits per heavy atom. The molecule has 0 atom stereocenters. The number of ether oxygens (including phenoxy) is 2. The molecule has 0 aromatic heterocycles. The van der Waals surface area contributed by atoms with Crippen LogP contribution in [-0.4, -0.2) is 49.6 Å². The van der Waals surface area contributed by atoms with Crippen molar-refractivity contribution in [2.45, 2.75) is 13.2 Å². The number of carbonyl (C=O) groups is 2. The van der Waals surface area contributed by atoms with Gasteiger partial charge in [-0.3, -0.25) is 9.59 Å². The molecule has 0 radical (unpaired) electrons. The number of nitrogens with zero attached hydrogens (tertiary/aromatic N) is 2. The number of nitriles is 1. The monoisotopic (exact) mass is 393 g/mol. The highest BCUT2D eigenvalue weighted by Gasteiger charge is 2.18. The van der Waals surface area contributed by atoms with Gasteiger partial charge in [-0.25, -0.2) is 0 Å². The predicted octanol–water partition coefficient (Wildman–Crippen LogP) is 1.86. The molecule has 2 aromatic rings. The lowest BCUT2D eigenvalue weighted by Crippen LogP contribution is -2.40. The largest absolute Gasteiger partial charge is 0.378 e. The molecule has 150 valence electrons. The molecule has 3 rings (SSSR count). The van der Waals surface area contributed by atoms with Crippen molar-refractivity contribution < 1.29 is 19.1 Å². The lowest BCUT2D eigenvalue weighted by Gasteiger charge is -2.27. The average Bonchev–Trinajstić information content (AvgIpc) is 2.78.